The Labute approximate surface area is 893 Å². The van der Waals surface area contributed by atoms with Gasteiger partial charge in [-0.3, -0.25) is 0 Å². The maximum atomic E-state index is 12.9. The van der Waals surface area contributed by atoms with E-state index in [2.05, 4.69) is 21.8 Å². The van der Waals surface area contributed by atoms with Crippen molar-refractivity contribution in [2.45, 2.75) is 33.1 Å². The summed E-state index contributed by atoms with van der Waals surface area (Å²) >= 11 is 2.59. The number of aromatic nitrogens is 8. The van der Waals surface area contributed by atoms with E-state index in [0.29, 0.717) is 47.3 Å². The number of hydrogen-bond acceptors (Lipinski definition) is 4. The fraction of sp³-hybridized carbons (Fsp3) is 0.0388. The number of fused-ring (bicyclic) bond motifs is 32. The van der Waals surface area contributed by atoms with Crippen LogP contribution in [-0.2, 0) is 5.41 Å². The molecule has 0 aliphatic rings. The van der Waals surface area contributed by atoms with E-state index in [1.165, 1.54) is 22.7 Å². The number of benzene rings is 20. The second-order valence-electron chi connectivity index (χ2n) is 34.9. The van der Waals surface area contributed by atoms with Crippen LogP contribution in [0.15, 0.2) is 399 Å². The molecule has 0 atom stereocenters. The molecule has 0 saturated carbocycles. The predicted molar refractivity (Wildman–Crippen MR) is 599 cm³/mol. The number of rotatable bonds is 8. The summed E-state index contributed by atoms with van der Waals surface area (Å²) in [7, 11) is 0. The Morgan fingerprint density at radius 2 is 0.503 bits per heavy atom. The molecule has 0 bridgehead atoms. The first-order valence-corrected chi connectivity index (χ1v) is 45.9. The normalized spacial score (nSPS) is 16.9. The molecule has 10 heterocycles. The number of aryl methyl sites for hydroxylation is 1. The van der Waals surface area contributed by atoms with Crippen LogP contribution in [0.3, 0.4) is 0 Å². The van der Waals surface area contributed by atoms with Crippen LogP contribution >= 0.6 is 22.7 Å². The topological polar surface area (TPSA) is 95.7 Å². The van der Waals surface area contributed by atoms with Crippen LogP contribution in [0.4, 0.5) is 11.4 Å². The van der Waals surface area contributed by atoms with E-state index in [9.17, 15) is 73.0 Å². The zero-order valence-corrected chi connectivity index (χ0v) is 75.7. The van der Waals surface area contributed by atoms with Gasteiger partial charge in [0.25, 0.3) is 0 Å². The second-order valence-corrected chi connectivity index (χ2v) is 37.0. The SMILES string of the molecule is [2H]c1c([2H])c([2H])c2c(c1[2H])c1c([2H])c([2H])c([2H])c([2H])c1n2-c1c(C#N)c(-n2c3c([2H])c([2H])c([2H])c([2H])c3c3c([2H])c([2H])c([2H])c([2H])c32)c(-n2c3ccc(C(C)(C)C)cc3c3ccc4c5ccccc5sc4c32)c(-n2c3c([2H])c([2H])c([2H])c([2H])c3c3c([2H])c([2H])c([2H])c([2H])c32)c1[N+]#[C-].[2H]c1c([2H])c([2H])c2c(c1[2H])c1c([2H])c([2H])c([2H])c([2H])c1n2-c1c(C#N)c(-n2c3c([2H])c([2H])c([2H])c([2H])c3c3c([2H])c([2H])c([2H])c([2H])c32)c(-n2c3ccc(C)cc3c3ccc4c5ccccc5sc4c32)c(-n2c3c([2H])c([2H])c([2H])c([2H])c3c3c([2H])c([2H])c([2H])c([2H])c32)c1[N+]#[C-]. The van der Waals surface area contributed by atoms with Crippen molar-refractivity contribution in [1.82, 2.24) is 36.5 Å². The smallest absolute Gasteiger partial charge is 0.237 e. The summed E-state index contributed by atoms with van der Waals surface area (Å²) in [5, 5.41) is 23.8. The number of para-hydroxylation sites is 12. The highest BCUT2D eigenvalue weighted by atomic mass is 32.1. The first-order valence-electron chi connectivity index (χ1n) is 68.2. The highest BCUT2D eigenvalue weighted by molar-refractivity contribution is 7.27. The molecule has 14 heteroatoms. The molecule has 0 spiro atoms. The molecule has 0 aliphatic carbocycles. The van der Waals surface area contributed by atoms with Crippen molar-refractivity contribution < 1.29 is 65.8 Å². The molecular formula is C129H78N12S2. The third-order valence-electron chi connectivity index (χ3n) is 26.7. The molecule has 0 N–H and O–H groups in total. The van der Waals surface area contributed by atoms with Crippen LogP contribution in [0.1, 0.15) is 109 Å². The van der Waals surface area contributed by atoms with Gasteiger partial charge >= 0.3 is 0 Å². The van der Waals surface area contributed by atoms with Gasteiger partial charge < -0.3 is 36.5 Å². The van der Waals surface area contributed by atoms with Crippen molar-refractivity contribution >= 4 is 249 Å². The van der Waals surface area contributed by atoms with E-state index >= 15 is 0 Å². The van der Waals surface area contributed by atoms with E-state index < -0.39 is 494 Å². The van der Waals surface area contributed by atoms with Crippen molar-refractivity contribution in [3.8, 4) is 57.6 Å². The van der Waals surface area contributed by atoms with Crippen LogP contribution in [0.2, 0.25) is 0 Å². The first-order chi connectivity index (χ1) is 90.4. The fourth-order valence-electron chi connectivity index (χ4n) is 21.0. The summed E-state index contributed by atoms with van der Waals surface area (Å²) in [5.41, 5.74) is -15.1. The van der Waals surface area contributed by atoms with Gasteiger partial charge in [-0.05, 0) is 127 Å². The Kier molecular flexibility index (Phi) is 10.1. The van der Waals surface area contributed by atoms with E-state index in [1.54, 1.807) is 33.4 Å². The van der Waals surface area contributed by atoms with E-state index in [1.807, 2.05) is 113 Å². The number of thiophene rings is 2. The number of nitriles is 2. The minimum absolute atomic E-state index is 0.204. The average molecular weight is 1910 g/mol. The van der Waals surface area contributed by atoms with Gasteiger partial charge in [0.2, 0.25) is 11.4 Å². The summed E-state index contributed by atoms with van der Waals surface area (Å²) in [5.74, 6) is 0. The molecule has 143 heavy (non-hydrogen) atoms. The minimum Gasteiger partial charge on any atom is -0.318 e. The zero-order valence-electron chi connectivity index (χ0n) is 122. The van der Waals surface area contributed by atoms with E-state index in [-0.39, 0.29) is 22.1 Å². The number of hydrogen-bond donors (Lipinski definition) is 0. The Morgan fingerprint density at radius 1 is 0.252 bits per heavy atom. The van der Waals surface area contributed by atoms with Gasteiger partial charge in [0.15, 0.2) is 0 Å². The summed E-state index contributed by atoms with van der Waals surface area (Å²) in [6.07, 6.45) is 0. The first kappa shape index (κ1) is 47.0. The summed E-state index contributed by atoms with van der Waals surface area (Å²) < 4.78 is 467. The van der Waals surface area contributed by atoms with Crippen molar-refractivity contribution in [3.05, 3.63) is 444 Å². The monoisotopic (exact) mass is 1910 g/mol. The fourth-order valence-corrected chi connectivity index (χ4v) is 23.5. The number of nitrogens with zero attached hydrogens (tertiary/aromatic N) is 12. The molecule has 0 fully saturated rings. The van der Waals surface area contributed by atoms with Crippen LogP contribution in [-0.4, -0.2) is 36.5 Å². The maximum absolute atomic E-state index is 12.9. The maximum Gasteiger partial charge on any atom is 0.237 e. The molecule has 0 amide bonds. The second kappa shape index (κ2) is 30.6. The van der Waals surface area contributed by atoms with Gasteiger partial charge in [-0.2, -0.15) is 10.5 Å². The minimum atomic E-state index is -0.951. The highest BCUT2D eigenvalue weighted by Crippen LogP contribution is 2.58. The quantitative estimate of drug-likeness (QED) is 0.142. The van der Waals surface area contributed by atoms with Crippen LogP contribution in [0, 0.1) is 42.7 Å². The summed E-state index contributed by atoms with van der Waals surface area (Å²) in [6, 6.07) is -5.84. The third kappa shape index (κ3) is 11.2. The molecule has 0 radical (unpaired) electrons. The lowest BCUT2D eigenvalue weighted by molar-refractivity contribution is 0.591. The van der Waals surface area contributed by atoms with Crippen molar-refractivity contribution in [1.29, 1.82) is 10.5 Å². The molecule has 10 aromatic heterocycles. The van der Waals surface area contributed by atoms with Gasteiger partial charge in [-0.1, -0.05) is 317 Å². The summed E-state index contributed by atoms with van der Waals surface area (Å²) in [4.78, 5) is 8.46. The van der Waals surface area contributed by atoms with Crippen molar-refractivity contribution in [2.75, 3.05) is 0 Å². The Morgan fingerprint density at radius 3 is 0.783 bits per heavy atom. The predicted octanol–water partition coefficient (Wildman–Crippen LogP) is 35.3. The third-order valence-corrected chi connectivity index (χ3v) is 29.1. The van der Waals surface area contributed by atoms with E-state index in [0.717, 1.165) is 53.1 Å². The van der Waals surface area contributed by atoms with Gasteiger partial charge in [0.1, 0.15) is 12.1 Å². The van der Waals surface area contributed by atoms with Gasteiger partial charge in [-0.15, -0.1) is 22.7 Å². The van der Waals surface area contributed by atoms with Crippen LogP contribution < -0.4 is 0 Å². The Hall–Kier alpha value is -18.8. The Bertz CT molecular complexity index is 13500. The van der Waals surface area contributed by atoms with Crippen LogP contribution in [0.25, 0.3) is 270 Å². The lowest BCUT2D eigenvalue weighted by atomic mass is 9.86. The molecule has 30 aromatic rings. The highest BCUT2D eigenvalue weighted by Gasteiger charge is 2.39. The van der Waals surface area contributed by atoms with Crippen molar-refractivity contribution in [3.63, 3.8) is 0 Å². The largest absolute Gasteiger partial charge is 0.318 e. The molecular weight excluding hydrogens is 1780 g/mol. The van der Waals surface area contributed by atoms with Crippen molar-refractivity contribution in [2.24, 2.45) is 0 Å². The standard InChI is InChI=1S/C66H42N6S.C63H36N6S/c1-66(2,3)39-33-36-57-49(37-39)47-34-35-48-46-25-11-18-32-58(46)73-65(48)62(47)72(57)64-61(70-53-28-14-7-21-42(53)43-22-8-15-29-54(43)70)50(38-67)60(69-51-26-12-5-19-40(51)41-20-6-13-27-52(41)69)59(68-4)63(64)71-55-30-16-9-23-44(55)45-24-10-17-31-56(45)71;1-37-31-34-55-47(35-37)45-32-33-46-44-23-9-16-30-56(44)70-63(46)60(45)69(55)62-59(67-51-26-12-5-19-40(51)41-20-6-13-27-52(41)67)48(36-64)58(66-49-24-10-3-17-38(49)39-18-4-11-25-50(39)66)57(65-2)61(62)68-53-28-14-7-21-42(53)43-22-8-15-29-54(43)68/h5-37H,1-3H3;3-35H,1H3/i5D,6D,7D,8D,9D,10D,12D,13D,14D,15D,16D,17D,19D,20D,21D,22D,23D,24D,26D,27D,28D,29D,30D,31D;3D,4D,5D,6D,7D,8D,10D,11D,12D,13D,14D,15D,17D,18D,19D,20D,21D,22D,24D,25D,26D,27D,28D,29D. The van der Waals surface area contributed by atoms with Gasteiger partial charge in [-0.25, -0.2) is 9.69 Å². The molecule has 12 nitrogen and oxygen atoms in total. The molecule has 0 saturated heterocycles. The average Bonchev–Trinajstić information content (AvgIpc) is 1.50. The Balaban J connectivity index is 0.000000167. The molecule has 0 aliphatic heterocycles. The lowest BCUT2D eigenvalue weighted by Gasteiger charge is -2.27. The molecule has 30 rings (SSSR count). The molecule has 20 aromatic carbocycles. The summed E-state index contributed by atoms with van der Waals surface area (Å²) in [6.45, 7) is 27.4. The van der Waals surface area contributed by atoms with Crippen LogP contribution in [0.5, 0.6) is 0 Å². The molecule has 0 unspecified atom stereocenters. The van der Waals surface area contributed by atoms with Gasteiger partial charge in [0, 0.05) is 117 Å². The van der Waals surface area contributed by atoms with E-state index in [4.69, 9.17) is 16.4 Å². The van der Waals surface area contributed by atoms with Gasteiger partial charge in [0.05, 0.1) is 233 Å². The lowest BCUT2D eigenvalue weighted by Crippen LogP contribution is -2.15. The molecule has 666 valence electrons. The zero-order chi connectivity index (χ0) is 137.